The molecular weight excluding hydrogens is 368 g/mol. The van der Waals surface area contributed by atoms with Crippen molar-refractivity contribution in [3.8, 4) is 0 Å². The number of amides is 1. The standard InChI is InChI=1S/C19H22N2O5S/c1-4-20-27(24,25)17-11-9-15(10-12-17)18(22)21(2)13-14-5-7-16(8-6-14)19(23)26-3/h5-12,20H,4,13H2,1-3H3. The molecule has 0 saturated carbocycles. The van der Waals surface area contributed by atoms with Gasteiger partial charge in [0.2, 0.25) is 10.0 Å². The van der Waals surface area contributed by atoms with E-state index in [9.17, 15) is 18.0 Å². The molecular formula is C19H22N2O5S. The van der Waals surface area contributed by atoms with Gasteiger partial charge in [-0.25, -0.2) is 17.9 Å². The molecule has 0 saturated heterocycles. The van der Waals surface area contributed by atoms with Crippen LogP contribution >= 0.6 is 0 Å². The molecule has 0 unspecified atom stereocenters. The molecule has 0 bridgehead atoms. The van der Waals surface area contributed by atoms with Crippen LogP contribution in [0.4, 0.5) is 0 Å². The molecule has 2 rings (SSSR count). The van der Waals surface area contributed by atoms with Crippen LogP contribution in [0.2, 0.25) is 0 Å². The summed E-state index contributed by atoms with van der Waals surface area (Å²) in [6, 6.07) is 12.6. The molecule has 2 aromatic rings. The highest BCUT2D eigenvalue weighted by molar-refractivity contribution is 7.89. The van der Waals surface area contributed by atoms with Crippen LogP contribution in [0.15, 0.2) is 53.4 Å². The minimum Gasteiger partial charge on any atom is -0.465 e. The zero-order valence-electron chi connectivity index (χ0n) is 15.4. The van der Waals surface area contributed by atoms with Crippen LogP contribution in [0.1, 0.15) is 33.2 Å². The Kier molecular flexibility index (Phi) is 6.70. The van der Waals surface area contributed by atoms with E-state index in [1.165, 1.54) is 36.3 Å². The summed E-state index contributed by atoms with van der Waals surface area (Å²) in [4.78, 5) is 25.6. The van der Waals surface area contributed by atoms with Crippen LogP contribution in [0.3, 0.4) is 0 Å². The summed E-state index contributed by atoms with van der Waals surface area (Å²) in [5, 5.41) is 0. The van der Waals surface area contributed by atoms with E-state index in [1.54, 1.807) is 38.2 Å². The van der Waals surface area contributed by atoms with E-state index in [4.69, 9.17) is 0 Å². The molecule has 27 heavy (non-hydrogen) atoms. The van der Waals surface area contributed by atoms with Crippen molar-refractivity contribution in [2.75, 3.05) is 20.7 Å². The van der Waals surface area contributed by atoms with Gasteiger partial charge in [0.25, 0.3) is 5.91 Å². The molecule has 0 aliphatic heterocycles. The van der Waals surface area contributed by atoms with Crippen molar-refractivity contribution < 1.29 is 22.7 Å². The maximum absolute atomic E-state index is 12.5. The van der Waals surface area contributed by atoms with Gasteiger partial charge in [0, 0.05) is 25.7 Å². The first kappa shape index (κ1) is 20.6. The van der Waals surface area contributed by atoms with Gasteiger partial charge in [-0.05, 0) is 42.0 Å². The topological polar surface area (TPSA) is 92.8 Å². The molecule has 7 nitrogen and oxygen atoms in total. The smallest absolute Gasteiger partial charge is 0.337 e. The van der Waals surface area contributed by atoms with Gasteiger partial charge in [-0.1, -0.05) is 19.1 Å². The summed E-state index contributed by atoms with van der Waals surface area (Å²) in [5.41, 5.74) is 1.68. The van der Waals surface area contributed by atoms with Gasteiger partial charge in [0.05, 0.1) is 17.6 Å². The first-order chi connectivity index (χ1) is 12.8. The van der Waals surface area contributed by atoms with Gasteiger partial charge < -0.3 is 9.64 Å². The van der Waals surface area contributed by atoms with Crippen molar-refractivity contribution in [1.29, 1.82) is 0 Å². The Morgan fingerprint density at radius 3 is 2.07 bits per heavy atom. The summed E-state index contributed by atoms with van der Waals surface area (Å²) in [7, 11) is -0.578. The van der Waals surface area contributed by atoms with E-state index >= 15 is 0 Å². The van der Waals surface area contributed by atoms with Gasteiger partial charge in [-0.15, -0.1) is 0 Å². The predicted octanol–water partition coefficient (Wildman–Crippen LogP) is 2.04. The molecule has 1 N–H and O–H groups in total. The van der Waals surface area contributed by atoms with Crippen molar-refractivity contribution in [2.24, 2.45) is 0 Å². The summed E-state index contributed by atoms with van der Waals surface area (Å²) >= 11 is 0. The van der Waals surface area contributed by atoms with E-state index < -0.39 is 16.0 Å². The second kappa shape index (κ2) is 8.79. The van der Waals surface area contributed by atoms with E-state index in [1.807, 2.05) is 0 Å². The third kappa shape index (κ3) is 5.15. The lowest BCUT2D eigenvalue weighted by atomic mass is 10.1. The summed E-state index contributed by atoms with van der Waals surface area (Å²) in [6.45, 7) is 2.33. The van der Waals surface area contributed by atoms with Crippen molar-refractivity contribution in [1.82, 2.24) is 9.62 Å². The number of nitrogens with one attached hydrogen (secondary N) is 1. The van der Waals surface area contributed by atoms with Gasteiger partial charge in [0.1, 0.15) is 0 Å². The van der Waals surface area contributed by atoms with Gasteiger partial charge in [-0.3, -0.25) is 4.79 Å². The fraction of sp³-hybridized carbons (Fsp3) is 0.263. The van der Waals surface area contributed by atoms with Crippen LogP contribution in [0.25, 0.3) is 0 Å². The lowest BCUT2D eigenvalue weighted by molar-refractivity contribution is 0.0600. The van der Waals surface area contributed by atoms with E-state index in [0.29, 0.717) is 24.2 Å². The first-order valence-corrected chi connectivity index (χ1v) is 9.79. The highest BCUT2D eigenvalue weighted by Crippen LogP contribution is 2.14. The Bertz CT molecular complexity index is 906. The predicted molar refractivity (Wildman–Crippen MR) is 101 cm³/mol. The normalized spacial score (nSPS) is 11.1. The Labute approximate surface area is 159 Å². The molecule has 0 spiro atoms. The van der Waals surface area contributed by atoms with E-state index in [2.05, 4.69) is 9.46 Å². The van der Waals surface area contributed by atoms with Crippen LogP contribution in [-0.4, -0.2) is 45.9 Å². The Hall–Kier alpha value is -2.71. The summed E-state index contributed by atoms with van der Waals surface area (Å²) in [6.07, 6.45) is 0. The number of ether oxygens (including phenoxy) is 1. The van der Waals surface area contributed by atoms with E-state index in [0.717, 1.165) is 5.56 Å². The maximum atomic E-state index is 12.5. The molecule has 1 amide bonds. The van der Waals surface area contributed by atoms with Crippen LogP contribution in [-0.2, 0) is 21.3 Å². The SMILES string of the molecule is CCNS(=O)(=O)c1ccc(C(=O)N(C)Cc2ccc(C(=O)OC)cc2)cc1. The lowest BCUT2D eigenvalue weighted by Gasteiger charge is -2.18. The van der Waals surface area contributed by atoms with Gasteiger partial charge >= 0.3 is 5.97 Å². The van der Waals surface area contributed by atoms with Crippen LogP contribution in [0.5, 0.6) is 0 Å². The third-order valence-electron chi connectivity index (χ3n) is 3.89. The number of nitrogens with zero attached hydrogens (tertiary/aromatic N) is 1. The molecule has 0 radical (unpaired) electrons. The molecule has 0 aliphatic carbocycles. The summed E-state index contributed by atoms with van der Waals surface area (Å²) < 4.78 is 30.9. The number of sulfonamides is 1. The van der Waals surface area contributed by atoms with Gasteiger partial charge in [0.15, 0.2) is 0 Å². The molecule has 0 aromatic heterocycles. The second-order valence-electron chi connectivity index (χ2n) is 5.88. The molecule has 0 atom stereocenters. The molecule has 2 aromatic carbocycles. The number of esters is 1. The lowest BCUT2D eigenvalue weighted by Crippen LogP contribution is -2.26. The molecule has 144 valence electrons. The van der Waals surface area contributed by atoms with Crippen LogP contribution in [0, 0.1) is 0 Å². The highest BCUT2D eigenvalue weighted by atomic mass is 32.2. The Morgan fingerprint density at radius 2 is 1.56 bits per heavy atom. The second-order valence-corrected chi connectivity index (χ2v) is 7.64. The quantitative estimate of drug-likeness (QED) is 0.731. The van der Waals surface area contributed by atoms with Crippen molar-refractivity contribution in [2.45, 2.75) is 18.4 Å². The average Bonchev–Trinajstić information content (AvgIpc) is 2.67. The zero-order chi connectivity index (χ0) is 20.0. The fourth-order valence-electron chi connectivity index (χ4n) is 2.48. The minimum absolute atomic E-state index is 0.113. The van der Waals surface area contributed by atoms with Crippen molar-refractivity contribution in [3.05, 3.63) is 65.2 Å². The fourth-order valence-corrected chi connectivity index (χ4v) is 3.52. The first-order valence-electron chi connectivity index (χ1n) is 8.31. The average molecular weight is 390 g/mol. The molecule has 8 heteroatoms. The number of hydrogen-bond donors (Lipinski definition) is 1. The molecule has 0 heterocycles. The largest absolute Gasteiger partial charge is 0.465 e. The monoisotopic (exact) mass is 390 g/mol. The molecule has 0 aliphatic rings. The third-order valence-corrected chi connectivity index (χ3v) is 5.45. The van der Waals surface area contributed by atoms with Gasteiger partial charge in [-0.2, -0.15) is 0 Å². The van der Waals surface area contributed by atoms with Crippen molar-refractivity contribution in [3.63, 3.8) is 0 Å². The zero-order valence-corrected chi connectivity index (χ0v) is 16.2. The number of rotatable bonds is 7. The highest BCUT2D eigenvalue weighted by Gasteiger charge is 2.16. The number of methoxy groups -OCH3 is 1. The number of hydrogen-bond acceptors (Lipinski definition) is 5. The number of carbonyl (C=O) groups excluding carboxylic acids is 2. The molecule has 0 fully saturated rings. The Morgan fingerprint density at radius 1 is 1.00 bits per heavy atom. The number of benzene rings is 2. The number of carbonyl (C=O) groups is 2. The Balaban J connectivity index is 2.07. The minimum atomic E-state index is -3.55. The van der Waals surface area contributed by atoms with Crippen LogP contribution < -0.4 is 4.72 Å². The van der Waals surface area contributed by atoms with E-state index in [-0.39, 0.29) is 10.8 Å². The maximum Gasteiger partial charge on any atom is 0.337 e. The van der Waals surface area contributed by atoms with Crippen molar-refractivity contribution >= 4 is 21.9 Å². The summed E-state index contributed by atoms with van der Waals surface area (Å²) in [5.74, 6) is -0.655.